The van der Waals surface area contributed by atoms with E-state index >= 15 is 0 Å². The van der Waals surface area contributed by atoms with Crippen LogP contribution in [0.2, 0.25) is 0 Å². The minimum atomic E-state index is -3.81. The van der Waals surface area contributed by atoms with Gasteiger partial charge in [-0.15, -0.1) is 11.3 Å². The second kappa shape index (κ2) is 11.5. The molecule has 9 heteroatoms. The summed E-state index contributed by atoms with van der Waals surface area (Å²) < 4.78 is 39.6. The molecule has 0 N–H and O–H groups in total. The molecule has 0 radical (unpaired) electrons. The van der Waals surface area contributed by atoms with E-state index in [-0.39, 0.29) is 36.5 Å². The zero-order valence-electron chi connectivity index (χ0n) is 20.8. The second-order valence-electron chi connectivity index (χ2n) is 8.77. The molecule has 0 aliphatic carbocycles. The quantitative estimate of drug-likeness (QED) is 0.382. The zero-order valence-corrected chi connectivity index (χ0v) is 22.5. The molecule has 1 atom stereocenters. The number of hydrogen-bond donors (Lipinski definition) is 0. The molecular formula is C27H32N2O5S2. The SMILES string of the molecule is CCCN(CC(=O)N1CCc2sccc2[C@H]1COc1ccccc1OC)S(=O)(=O)c1ccc(C)cc1. The van der Waals surface area contributed by atoms with Gasteiger partial charge < -0.3 is 14.4 Å². The molecule has 0 spiro atoms. The van der Waals surface area contributed by atoms with Crippen LogP contribution < -0.4 is 9.47 Å². The minimum Gasteiger partial charge on any atom is -0.493 e. The van der Waals surface area contributed by atoms with Crippen molar-refractivity contribution in [1.82, 2.24) is 9.21 Å². The van der Waals surface area contributed by atoms with Crippen LogP contribution in [0.4, 0.5) is 0 Å². The average molecular weight is 529 g/mol. The lowest BCUT2D eigenvalue weighted by Gasteiger charge is -2.37. The number of nitrogens with zero attached hydrogens (tertiary/aromatic N) is 2. The number of fused-ring (bicyclic) bond motifs is 1. The first-order chi connectivity index (χ1) is 17.3. The van der Waals surface area contributed by atoms with Crippen molar-refractivity contribution < 1.29 is 22.7 Å². The summed E-state index contributed by atoms with van der Waals surface area (Å²) in [5.41, 5.74) is 2.03. The molecule has 0 saturated carbocycles. The van der Waals surface area contributed by atoms with Crippen molar-refractivity contribution in [1.29, 1.82) is 0 Å². The molecule has 2 heterocycles. The van der Waals surface area contributed by atoms with E-state index in [9.17, 15) is 13.2 Å². The third-order valence-electron chi connectivity index (χ3n) is 6.32. The van der Waals surface area contributed by atoms with Crippen LogP contribution in [-0.4, -0.2) is 56.9 Å². The molecule has 192 valence electrons. The summed E-state index contributed by atoms with van der Waals surface area (Å²) in [6, 6.07) is 15.9. The monoisotopic (exact) mass is 528 g/mol. The van der Waals surface area contributed by atoms with Crippen LogP contribution in [0.15, 0.2) is 64.9 Å². The van der Waals surface area contributed by atoms with Gasteiger partial charge in [0.25, 0.3) is 0 Å². The van der Waals surface area contributed by atoms with E-state index in [1.54, 1.807) is 47.6 Å². The van der Waals surface area contributed by atoms with E-state index < -0.39 is 10.0 Å². The summed E-state index contributed by atoms with van der Waals surface area (Å²) in [6.45, 7) is 4.62. The average Bonchev–Trinajstić information content (AvgIpc) is 3.36. The molecule has 0 bridgehead atoms. The number of rotatable bonds is 10. The topological polar surface area (TPSA) is 76.2 Å². The fourth-order valence-electron chi connectivity index (χ4n) is 4.42. The van der Waals surface area contributed by atoms with Gasteiger partial charge >= 0.3 is 0 Å². The lowest BCUT2D eigenvalue weighted by atomic mass is 10.0. The molecule has 0 unspecified atom stereocenters. The van der Waals surface area contributed by atoms with Crippen molar-refractivity contribution in [3.05, 3.63) is 76.0 Å². The van der Waals surface area contributed by atoms with Crippen molar-refractivity contribution >= 4 is 27.3 Å². The van der Waals surface area contributed by atoms with Gasteiger partial charge in [-0.2, -0.15) is 4.31 Å². The Bertz CT molecular complexity index is 1290. The van der Waals surface area contributed by atoms with Gasteiger partial charge in [0.2, 0.25) is 15.9 Å². The highest BCUT2D eigenvalue weighted by Crippen LogP contribution is 2.35. The Morgan fingerprint density at radius 3 is 2.53 bits per heavy atom. The summed E-state index contributed by atoms with van der Waals surface area (Å²) >= 11 is 1.67. The number of hydrogen-bond acceptors (Lipinski definition) is 6. The summed E-state index contributed by atoms with van der Waals surface area (Å²) in [5, 5.41) is 2.03. The van der Waals surface area contributed by atoms with Crippen LogP contribution in [0.5, 0.6) is 11.5 Å². The maximum Gasteiger partial charge on any atom is 0.243 e. The number of ether oxygens (including phenoxy) is 2. The lowest BCUT2D eigenvalue weighted by Crippen LogP contribution is -2.48. The predicted molar refractivity (Wildman–Crippen MR) is 141 cm³/mol. The van der Waals surface area contributed by atoms with Gasteiger partial charge in [-0.05, 0) is 61.0 Å². The third-order valence-corrected chi connectivity index (χ3v) is 9.18. The molecule has 1 aromatic heterocycles. The van der Waals surface area contributed by atoms with Gasteiger partial charge in [0.1, 0.15) is 6.61 Å². The van der Waals surface area contributed by atoms with Crippen LogP contribution in [0.1, 0.15) is 35.4 Å². The number of carbonyl (C=O) groups excluding carboxylic acids is 1. The minimum absolute atomic E-state index is 0.198. The van der Waals surface area contributed by atoms with E-state index in [1.807, 2.05) is 49.6 Å². The highest BCUT2D eigenvalue weighted by molar-refractivity contribution is 7.89. The van der Waals surface area contributed by atoms with E-state index in [1.165, 1.54) is 9.18 Å². The molecule has 36 heavy (non-hydrogen) atoms. The summed E-state index contributed by atoms with van der Waals surface area (Å²) in [6.07, 6.45) is 1.34. The third kappa shape index (κ3) is 5.58. The van der Waals surface area contributed by atoms with Gasteiger partial charge in [-0.1, -0.05) is 36.8 Å². The largest absolute Gasteiger partial charge is 0.493 e. The smallest absolute Gasteiger partial charge is 0.243 e. The Labute approximate surface area is 217 Å². The fourth-order valence-corrected chi connectivity index (χ4v) is 6.83. The number of methoxy groups -OCH3 is 1. The molecular weight excluding hydrogens is 496 g/mol. The summed E-state index contributed by atoms with van der Waals surface area (Å²) in [5.74, 6) is 0.990. The Hall–Kier alpha value is -2.88. The van der Waals surface area contributed by atoms with Crippen molar-refractivity contribution in [3.63, 3.8) is 0 Å². The second-order valence-corrected chi connectivity index (χ2v) is 11.7. The number of carbonyl (C=O) groups is 1. The van der Waals surface area contributed by atoms with Gasteiger partial charge in [-0.3, -0.25) is 4.79 Å². The Morgan fingerprint density at radius 2 is 1.83 bits per heavy atom. The highest BCUT2D eigenvalue weighted by atomic mass is 32.2. The van der Waals surface area contributed by atoms with Crippen LogP contribution in [-0.2, 0) is 21.2 Å². The molecule has 1 aliphatic heterocycles. The van der Waals surface area contributed by atoms with Gasteiger partial charge in [0.05, 0.1) is 24.6 Å². The van der Waals surface area contributed by atoms with E-state index in [4.69, 9.17) is 9.47 Å². The summed E-state index contributed by atoms with van der Waals surface area (Å²) in [4.78, 5) is 16.8. The lowest BCUT2D eigenvalue weighted by molar-refractivity contribution is -0.135. The van der Waals surface area contributed by atoms with Gasteiger partial charge in [0.15, 0.2) is 11.5 Å². The molecule has 1 aliphatic rings. The van der Waals surface area contributed by atoms with Crippen LogP contribution in [0.25, 0.3) is 0 Å². The molecule has 1 amide bonds. The van der Waals surface area contributed by atoms with Gasteiger partial charge in [-0.25, -0.2) is 8.42 Å². The molecule has 3 aromatic rings. The van der Waals surface area contributed by atoms with Crippen LogP contribution in [0, 0.1) is 6.92 Å². The van der Waals surface area contributed by atoms with E-state index in [2.05, 4.69) is 0 Å². The molecule has 4 rings (SSSR count). The predicted octanol–water partition coefficient (Wildman–Crippen LogP) is 4.67. The number of sulfonamides is 1. The normalized spacial score (nSPS) is 15.6. The molecule has 0 saturated heterocycles. The molecule has 7 nitrogen and oxygen atoms in total. The number of thiophene rings is 1. The highest BCUT2D eigenvalue weighted by Gasteiger charge is 2.35. The van der Waals surface area contributed by atoms with Crippen molar-refractivity contribution in [3.8, 4) is 11.5 Å². The first-order valence-corrected chi connectivity index (χ1v) is 14.4. The van der Waals surface area contributed by atoms with Crippen molar-refractivity contribution in [2.24, 2.45) is 0 Å². The number of amides is 1. The number of para-hydroxylation sites is 2. The van der Waals surface area contributed by atoms with Crippen molar-refractivity contribution in [2.75, 3.05) is 33.4 Å². The molecule has 2 aromatic carbocycles. The standard InChI is InChI=1S/C27H32N2O5S2/c1-4-15-28(36(31,32)21-11-9-20(2)10-12-21)18-27(30)29-16-13-26-22(14-17-35-26)23(29)19-34-25-8-6-5-7-24(25)33-3/h5-12,14,17,23H,4,13,15-16,18-19H2,1-3H3/t23-/m1/s1. The Kier molecular flexibility index (Phi) is 8.33. The summed E-state index contributed by atoms with van der Waals surface area (Å²) in [7, 11) is -2.22. The number of benzene rings is 2. The Morgan fingerprint density at radius 1 is 1.11 bits per heavy atom. The van der Waals surface area contributed by atoms with Crippen LogP contribution >= 0.6 is 11.3 Å². The number of aryl methyl sites for hydroxylation is 1. The molecule has 0 fully saturated rings. The van der Waals surface area contributed by atoms with Crippen LogP contribution in [0.3, 0.4) is 0 Å². The van der Waals surface area contributed by atoms with E-state index in [0.717, 1.165) is 17.5 Å². The maximum atomic E-state index is 13.6. The first kappa shape index (κ1) is 26.2. The first-order valence-electron chi connectivity index (χ1n) is 12.0. The fraction of sp³-hybridized carbons (Fsp3) is 0.370. The maximum absolute atomic E-state index is 13.6. The van der Waals surface area contributed by atoms with Gasteiger partial charge in [0, 0.05) is 18.0 Å². The van der Waals surface area contributed by atoms with Crippen molar-refractivity contribution in [2.45, 2.75) is 37.6 Å². The van der Waals surface area contributed by atoms with E-state index in [0.29, 0.717) is 24.5 Å². The Balaban J connectivity index is 1.57. The zero-order chi connectivity index (χ0) is 25.7.